The van der Waals surface area contributed by atoms with Crippen molar-refractivity contribution in [3.63, 3.8) is 0 Å². The summed E-state index contributed by atoms with van der Waals surface area (Å²) in [5.41, 5.74) is 0. The maximum atomic E-state index is 9.75. The van der Waals surface area contributed by atoms with Crippen LogP contribution in [0.25, 0.3) is 0 Å². The van der Waals surface area contributed by atoms with Gasteiger partial charge in [-0.1, -0.05) is 31.9 Å². The van der Waals surface area contributed by atoms with E-state index < -0.39 is 24.4 Å². The number of aliphatic hydroxyl groups excluding tert-OH is 3. The van der Waals surface area contributed by atoms with E-state index in [-0.39, 0.29) is 13.2 Å². The predicted octanol–water partition coefficient (Wildman–Crippen LogP) is 1.79. The van der Waals surface area contributed by atoms with Gasteiger partial charge >= 0.3 is 0 Å². The minimum Gasteiger partial charge on any atom is -0.394 e. The standard InChI is InChI=1S/C17H32O5/c1-2-3-4-5-6-7-8-9-10-11-21-15(12-18)17-16(20)14(19)13-22-17/h6-7,14-20H,2-5,8-13H2,1H3/b7-6+/t14-,15+,16+,17+/m0/s1. The number of hydrogen-bond donors (Lipinski definition) is 3. The highest BCUT2D eigenvalue weighted by Gasteiger charge is 2.40. The quantitative estimate of drug-likeness (QED) is 0.378. The fourth-order valence-electron chi connectivity index (χ4n) is 2.55. The van der Waals surface area contributed by atoms with E-state index in [1.807, 2.05) is 0 Å². The molecule has 5 nitrogen and oxygen atoms in total. The lowest BCUT2D eigenvalue weighted by atomic mass is 10.1. The van der Waals surface area contributed by atoms with E-state index in [0.29, 0.717) is 6.61 Å². The minimum absolute atomic E-state index is 0.0918. The van der Waals surface area contributed by atoms with Gasteiger partial charge in [-0.15, -0.1) is 0 Å². The van der Waals surface area contributed by atoms with Crippen LogP contribution in [-0.2, 0) is 9.47 Å². The van der Waals surface area contributed by atoms with Gasteiger partial charge in [0.2, 0.25) is 0 Å². The van der Waals surface area contributed by atoms with Gasteiger partial charge in [0, 0.05) is 6.61 Å². The first kappa shape index (κ1) is 19.6. The van der Waals surface area contributed by atoms with Crippen molar-refractivity contribution in [3.8, 4) is 0 Å². The molecule has 0 aliphatic carbocycles. The molecule has 4 atom stereocenters. The van der Waals surface area contributed by atoms with Gasteiger partial charge in [-0.25, -0.2) is 0 Å². The van der Waals surface area contributed by atoms with Gasteiger partial charge in [0.05, 0.1) is 13.2 Å². The Hall–Kier alpha value is -0.460. The van der Waals surface area contributed by atoms with Crippen LogP contribution in [0.3, 0.4) is 0 Å². The number of ether oxygens (including phenoxy) is 2. The molecule has 1 fully saturated rings. The summed E-state index contributed by atoms with van der Waals surface area (Å²) in [7, 11) is 0. The highest BCUT2D eigenvalue weighted by Crippen LogP contribution is 2.19. The molecule has 0 aromatic rings. The zero-order chi connectivity index (χ0) is 16.2. The molecule has 0 aromatic heterocycles. The van der Waals surface area contributed by atoms with Crippen LogP contribution >= 0.6 is 0 Å². The lowest BCUT2D eigenvalue weighted by Gasteiger charge is -2.24. The topological polar surface area (TPSA) is 79.2 Å². The third-order valence-electron chi connectivity index (χ3n) is 3.97. The van der Waals surface area contributed by atoms with E-state index in [4.69, 9.17) is 9.47 Å². The maximum absolute atomic E-state index is 9.75. The Kier molecular flexibility index (Phi) is 10.7. The number of aliphatic hydroxyl groups is 3. The van der Waals surface area contributed by atoms with Crippen molar-refractivity contribution in [1.29, 1.82) is 0 Å². The molecule has 1 rings (SSSR count). The van der Waals surface area contributed by atoms with Crippen LogP contribution in [0, 0.1) is 0 Å². The molecule has 130 valence electrons. The molecule has 1 aliphatic rings. The normalized spacial score (nSPS) is 26.8. The summed E-state index contributed by atoms with van der Waals surface area (Å²) in [6.45, 7) is 2.61. The van der Waals surface area contributed by atoms with Crippen molar-refractivity contribution in [2.24, 2.45) is 0 Å². The molecule has 5 heteroatoms. The second-order valence-electron chi connectivity index (χ2n) is 5.91. The Morgan fingerprint density at radius 3 is 2.36 bits per heavy atom. The largest absolute Gasteiger partial charge is 0.394 e. The van der Waals surface area contributed by atoms with Gasteiger partial charge in [-0.05, 0) is 32.1 Å². The molecule has 0 saturated carbocycles. The van der Waals surface area contributed by atoms with E-state index in [2.05, 4.69) is 19.1 Å². The number of hydrogen-bond acceptors (Lipinski definition) is 5. The van der Waals surface area contributed by atoms with Crippen LogP contribution in [0.4, 0.5) is 0 Å². The average molecular weight is 316 g/mol. The van der Waals surface area contributed by atoms with Crippen LogP contribution in [0.15, 0.2) is 12.2 Å². The number of rotatable bonds is 12. The van der Waals surface area contributed by atoms with Crippen molar-refractivity contribution in [2.45, 2.75) is 76.3 Å². The molecule has 1 aliphatic heterocycles. The summed E-state index contributed by atoms with van der Waals surface area (Å²) in [6.07, 6.45) is 9.36. The molecule has 0 radical (unpaired) electrons. The van der Waals surface area contributed by atoms with Crippen LogP contribution in [-0.4, -0.2) is 59.6 Å². The summed E-state index contributed by atoms with van der Waals surface area (Å²) >= 11 is 0. The molecule has 1 heterocycles. The second-order valence-corrected chi connectivity index (χ2v) is 5.91. The zero-order valence-corrected chi connectivity index (χ0v) is 13.7. The first-order chi connectivity index (χ1) is 10.7. The van der Waals surface area contributed by atoms with Gasteiger partial charge in [0.15, 0.2) is 0 Å². The maximum Gasteiger partial charge on any atom is 0.114 e. The van der Waals surface area contributed by atoms with E-state index in [9.17, 15) is 15.3 Å². The van der Waals surface area contributed by atoms with Gasteiger partial charge < -0.3 is 24.8 Å². The van der Waals surface area contributed by atoms with Gasteiger partial charge in [0.1, 0.15) is 24.4 Å². The highest BCUT2D eigenvalue weighted by atomic mass is 16.6. The van der Waals surface area contributed by atoms with E-state index in [1.165, 1.54) is 19.3 Å². The monoisotopic (exact) mass is 316 g/mol. The summed E-state index contributed by atoms with van der Waals surface area (Å²) in [5.74, 6) is 0. The molecular weight excluding hydrogens is 284 g/mol. The molecule has 1 saturated heterocycles. The Labute approximate surface area is 133 Å². The molecule has 0 amide bonds. The fraction of sp³-hybridized carbons (Fsp3) is 0.882. The molecular formula is C17H32O5. The average Bonchev–Trinajstić information content (AvgIpc) is 2.85. The van der Waals surface area contributed by atoms with Crippen LogP contribution in [0.2, 0.25) is 0 Å². The third-order valence-corrected chi connectivity index (χ3v) is 3.97. The third kappa shape index (κ3) is 7.20. The molecule has 0 unspecified atom stereocenters. The first-order valence-corrected chi connectivity index (χ1v) is 8.55. The molecule has 22 heavy (non-hydrogen) atoms. The fourth-order valence-corrected chi connectivity index (χ4v) is 2.55. The molecule has 3 N–H and O–H groups in total. The predicted molar refractivity (Wildman–Crippen MR) is 85.7 cm³/mol. The number of allylic oxidation sites excluding steroid dienone is 2. The highest BCUT2D eigenvalue weighted by molar-refractivity contribution is 4.88. The summed E-state index contributed by atoms with van der Waals surface area (Å²) in [6, 6.07) is 0. The molecule has 0 spiro atoms. The van der Waals surface area contributed by atoms with Crippen molar-refractivity contribution in [1.82, 2.24) is 0 Å². The van der Waals surface area contributed by atoms with E-state index in [1.54, 1.807) is 0 Å². The first-order valence-electron chi connectivity index (χ1n) is 8.55. The SMILES string of the molecule is CCCCC/C=C/CCCCO[C@H](CO)[C@H]1OC[C@H](O)[C@H]1O. The van der Waals surface area contributed by atoms with Crippen LogP contribution in [0.1, 0.15) is 51.9 Å². The van der Waals surface area contributed by atoms with Crippen molar-refractivity contribution >= 4 is 0 Å². The number of unbranched alkanes of at least 4 members (excludes halogenated alkanes) is 5. The summed E-state index contributed by atoms with van der Waals surface area (Å²) in [4.78, 5) is 0. The van der Waals surface area contributed by atoms with E-state index in [0.717, 1.165) is 25.7 Å². The van der Waals surface area contributed by atoms with Crippen molar-refractivity contribution in [2.75, 3.05) is 19.8 Å². The van der Waals surface area contributed by atoms with Crippen molar-refractivity contribution in [3.05, 3.63) is 12.2 Å². The lowest BCUT2D eigenvalue weighted by Crippen LogP contribution is -2.42. The Morgan fingerprint density at radius 1 is 1.14 bits per heavy atom. The van der Waals surface area contributed by atoms with Crippen molar-refractivity contribution < 1.29 is 24.8 Å². The summed E-state index contributed by atoms with van der Waals surface area (Å²) in [5, 5.41) is 28.5. The second kappa shape index (κ2) is 12.0. The smallest absolute Gasteiger partial charge is 0.114 e. The summed E-state index contributed by atoms with van der Waals surface area (Å²) < 4.78 is 10.9. The Bertz CT molecular complexity index is 295. The minimum atomic E-state index is -0.983. The van der Waals surface area contributed by atoms with Crippen LogP contribution in [0.5, 0.6) is 0 Å². The molecule has 0 aromatic carbocycles. The van der Waals surface area contributed by atoms with Gasteiger partial charge in [-0.2, -0.15) is 0 Å². The van der Waals surface area contributed by atoms with Crippen LogP contribution < -0.4 is 0 Å². The van der Waals surface area contributed by atoms with Gasteiger partial charge in [0.25, 0.3) is 0 Å². The van der Waals surface area contributed by atoms with Gasteiger partial charge in [-0.3, -0.25) is 0 Å². The Balaban J connectivity index is 2.05. The van der Waals surface area contributed by atoms with E-state index >= 15 is 0 Å². The zero-order valence-electron chi connectivity index (χ0n) is 13.7. The lowest BCUT2D eigenvalue weighted by molar-refractivity contribution is -0.101. The Morgan fingerprint density at radius 2 is 1.82 bits per heavy atom. The molecule has 0 bridgehead atoms.